The molecule has 0 saturated heterocycles. The number of hydrogen-bond donors (Lipinski definition) is 1. The van der Waals surface area contributed by atoms with Crippen molar-refractivity contribution in [1.82, 2.24) is 24.5 Å². The molecule has 4 aromatic rings. The van der Waals surface area contributed by atoms with Crippen molar-refractivity contribution in [2.24, 2.45) is 0 Å². The fourth-order valence-electron chi connectivity index (χ4n) is 2.82. The van der Waals surface area contributed by atoms with Gasteiger partial charge in [-0.1, -0.05) is 12.1 Å². The molecule has 0 bridgehead atoms. The van der Waals surface area contributed by atoms with Gasteiger partial charge in [0.2, 0.25) is 0 Å². The summed E-state index contributed by atoms with van der Waals surface area (Å²) in [6.07, 6.45) is 1.56. The third-order valence-electron chi connectivity index (χ3n) is 4.11. The van der Waals surface area contributed by atoms with Gasteiger partial charge in [-0.2, -0.15) is 13.2 Å². The van der Waals surface area contributed by atoms with E-state index in [0.29, 0.717) is 27.9 Å². The summed E-state index contributed by atoms with van der Waals surface area (Å²) >= 11 is 0. The van der Waals surface area contributed by atoms with E-state index in [1.807, 2.05) is 0 Å². The number of benzene rings is 1. The van der Waals surface area contributed by atoms with Crippen molar-refractivity contribution < 1.29 is 13.2 Å². The topological polar surface area (TPSA) is 76.5 Å². The molecule has 9 heteroatoms. The molecule has 3 aromatic heterocycles. The highest BCUT2D eigenvalue weighted by atomic mass is 19.4. The van der Waals surface area contributed by atoms with Gasteiger partial charge < -0.3 is 0 Å². The van der Waals surface area contributed by atoms with Crippen LogP contribution in [0.15, 0.2) is 60.0 Å². The molecule has 1 N–H and O–H groups in total. The van der Waals surface area contributed by atoms with Crippen LogP contribution in [0.3, 0.4) is 0 Å². The highest BCUT2D eigenvalue weighted by Gasteiger charge is 2.30. The molecule has 0 atom stereocenters. The Morgan fingerprint density at radius 2 is 1.81 bits per heavy atom. The van der Waals surface area contributed by atoms with Crippen LogP contribution in [-0.4, -0.2) is 24.5 Å². The number of imidazole rings is 1. The van der Waals surface area contributed by atoms with E-state index in [9.17, 15) is 18.0 Å². The monoisotopic (exact) mass is 371 g/mol. The smallest absolute Gasteiger partial charge is 0.290 e. The number of aromatic amines is 1. The minimum atomic E-state index is -4.43. The lowest BCUT2D eigenvalue weighted by Gasteiger charge is -2.09. The standard InChI is InChI=1S/C18H12F3N5O/c19-18(20,21)14-3-1-2-12(4-14)13-5-15-16(24-8-13)25-17(27)26(15)9-11-6-22-10-23-7-11/h1-8,10H,9H2,(H,24,25,27). The van der Waals surface area contributed by atoms with Crippen molar-refractivity contribution >= 4 is 11.2 Å². The third kappa shape index (κ3) is 3.31. The molecule has 0 saturated carbocycles. The first kappa shape index (κ1) is 17.0. The molecule has 0 spiro atoms. The molecule has 1 aromatic carbocycles. The zero-order valence-corrected chi connectivity index (χ0v) is 13.7. The van der Waals surface area contributed by atoms with Crippen LogP contribution in [0.5, 0.6) is 0 Å². The first-order valence-electron chi connectivity index (χ1n) is 7.92. The van der Waals surface area contributed by atoms with Crippen molar-refractivity contribution in [2.45, 2.75) is 12.7 Å². The predicted octanol–water partition coefficient (Wildman–Crippen LogP) is 3.25. The Hall–Kier alpha value is -3.49. The molecule has 3 heterocycles. The second-order valence-corrected chi connectivity index (χ2v) is 5.93. The van der Waals surface area contributed by atoms with Crippen LogP contribution >= 0.6 is 0 Å². The van der Waals surface area contributed by atoms with Gasteiger partial charge in [-0.15, -0.1) is 0 Å². The number of H-pyrrole nitrogens is 1. The Labute approximate surface area is 150 Å². The molecule has 0 fully saturated rings. The molecule has 6 nitrogen and oxygen atoms in total. The number of hydrogen-bond acceptors (Lipinski definition) is 4. The summed E-state index contributed by atoms with van der Waals surface area (Å²) in [7, 11) is 0. The Kier molecular flexibility index (Phi) is 3.98. The molecule has 0 aliphatic rings. The lowest BCUT2D eigenvalue weighted by molar-refractivity contribution is -0.137. The summed E-state index contributed by atoms with van der Waals surface area (Å²) in [6.45, 7) is 0.216. The Morgan fingerprint density at radius 1 is 1.04 bits per heavy atom. The van der Waals surface area contributed by atoms with Crippen molar-refractivity contribution in [3.63, 3.8) is 0 Å². The van der Waals surface area contributed by atoms with Crippen LogP contribution in [0, 0.1) is 0 Å². The van der Waals surface area contributed by atoms with Crippen LogP contribution in [0.1, 0.15) is 11.1 Å². The van der Waals surface area contributed by atoms with E-state index >= 15 is 0 Å². The van der Waals surface area contributed by atoms with Gasteiger partial charge in [-0.05, 0) is 23.8 Å². The maximum atomic E-state index is 13.0. The number of nitrogens with zero attached hydrogens (tertiary/aromatic N) is 4. The van der Waals surface area contributed by atoms with Gasteiger partial charge in [-0.3, -0.25) is 9.55 Å². The van der Waals surface area contributed by atoms with Crippen molar-refractivity contribution in [1.29, 1.82) is 0 Å². The fraction of sp³-hybridized carbons (Fsp3) is 0.111. The first-order chi connectivity index (χ1) is 12.9. The summed E-state index contributed by atoms with van der Waals surface area (Å²) in [5.41, 5.74) is 1.28. The Balaban J connectivity index is 1.81. The lowest BCUT2D eigenvalue weighted by Crippen LogP contribution is -2.17. The van der Waals surface area contributed by atoms with Crippen LogP contribution in [-0.2, 0) is 12.7 Å². The van der Waals surface area contributed by atoms with E-state index < -0.39 is 11.7 Å². The zero-order valence-electron chi connectivity index (χ0n) is 13.7. The van der Waals surface area contributed by atoms with Crippen molar-refractivity contribution in [3.05, 3.63) is 76.9 Å². The summed E-state index contributed by atoms with van der Waals surface area (Å²) in [6, 6.07) is 6.62. The first-order valence-corrected chi connectivity index (χ1v) is 7.92. The predicted molar refractivity (Wildman–Crippen MR) is 91.9 cm³/mol. The highest BCUT2D eigenvalue weighted by molar-refractivity contribution is 5.78. The quantitative estimate of drug-likeness (QED) is 0.600. The number of halogens is 3. The molecule has 0 amide bonds. The van der Waals surface area contributed by atoms with E-state index in [0.717, 1.165) is 12.1 Å². The molecule has 136 valence electrons. The van der Waals surface area contributed by atoms with Gasteiger partial charge in [0.25, 0.3) is 0 Å². The molecular weight excluding hydrogens is 359 g/mol. The van der Waals surface area contributed by atoms with Gasteiger partial charge in [0.1, 0.15) is 6.33 Å². The minimum Gasteiger partial charge on any atom is -0.290 e. The van der Waals surface area contributed by atoms with E-state index in [4.69, 9.17) is 0 Å². The van der Waals surface area contributed by atoms with E-state index in [-0.39, 0.29) is 12.2 Å². The van der Waals surface area contributed by atoms with Crippen LogP contribution < -0.4 is 5.69 Å². The maximum absolute atomic E-state index is 13.0. The second-order valence-electron chi connectivity index (χ2n) is 5.93. The minimum absolute atomic E-state index is 0.216. The molecule has 0 aliphatic heterocycles. The number of fused-ring (bicyclic) bond motifs is 1. The van der Waals surface area contributed by atoms with E-state index in [1.54, 1.807) is 24.5 Å². The van der Waals surface area contributed by atoms with Gasteiger partial charge in [0, 0.05) is 29.7 Å². The lowest BCUT2D eigenvalue weighted by atomic mass is 10.0. The Bertz CT molecular complexity index is 1170. The van der Waals surface area contributed by atoms with E-state index in [1.165, 1.54) is 23.2 Å². The summed E-state index contributed by atoms with van der Waals surface area (Å²) < 4.78 is 40.3. The Morgan fingerprint density at radius 3 is 2.56 bits per heavy atom. The zero-order chi connectivity index (χ0) is 19.0. The number of nitrogens with one attached hydrogen (secondary N) is 1. The summed E-state index contributed by atoms with van der Waals surface area (Å²) in [5.74, 6) is 0. The average Bonchev–Trinajstić information content (AvgIpc) is 2.97. The fourth-order valence-corrected chi connectivity index (χ4v) is 2.82. The number of aromatic nitrogens is 5. The second kappa shape index (κ2) is 6.35. The maximum Gasteiger partial charge on any atom is 0.416 e. The highest BCUT2D eigenvalue weighted by Crippen LogP contribution is 2.32. The number of pyridine rings is 1. The normalized spacial score (nSPS) is 11.8. The summed E-state index contributed by atoms with van der Waals surface area (Å²) in [5, 5.41) is 0. The summed E-state index contributed by atoms with van der Waals surface area (Å²) in [4.78, 5) is 26.9. The SMILES string of the molecule is O=c1[nH]c2ncc(-c3cccc(C(F)(F)F)c3)cc2n1Cc1cncnc1. The van der Waals surface area contributed by atoms with Crippen molar-refractivity contribution in [2.75, 3.05) is 0 Å². The largest absolute Gasteiger partial charge is 0.416 e. The van der Waals surface area contributed by atoms with Crippen LogP contribution in [0.25, 0.3) is 22.3 Å². The van der Waals surface area contributed by atoms with Gasteiger partial charge in [0.15, 0.2) is 5.65 Å². The van der Waals surface area contributed by atoms with Crippen LogP contribution in [0.4, 0.5) is 13.2 Å². The van der Waals surface area contributed by atoms with Crippen molar-refractivity contribution in [3.8, 4) is 11.1 Å². The van der Waals surface area contributed by atoms with Crippen LogP contribution in [0.2, 0.25) is 0 Å². The number of rotatable bonds is 3. The average molecular weight is 371 g/mol. The third-order valence-corrected chi connectivity index (χ3v) is 4.11. The molecule has 0 aliphatic carbocycles. The van der Waals surface area contributed by atoms with E-state index in [2.05, 4.69) is 19.9 Å². The molecule has 0 radical (unpaired) electrons. The molecule has 0 unspecified atom stereocenters. The molecule has 4 rings (SSSR count). The molecule has 27 heavy (non-hydrogen) atoms. The van der Waals surface area contributed by atoms with Gasteiger partial charge in [0.05, 0.1) is 17.6 Å². The number of alkyl halides is 3. The van der Waals surface area contributed by atoms with Gasteiger partial charge >= 0.3 is 11.9 Å². The van der Waals surface area contributed by atoms with Gasteiger partial charge in [-0.25, -0.2) is 19.7 Å². The molecular formula is C18H12F3N5O.